The van der Waals surface area contributed by atoms with E-state index in [2.05, 4.69) is 0 Å². The van der Waals surface area contributed by atoms with Crippen LogP contribution in [0.25, 0.3) is 0 Å². The Hall–Kier alpha value is -0.380. The number of halogens is 3. The smallest absolute Gasteiger partial charge is 0.368 e. The number of rotatable bonds is 5. The zero-order valence-electron chi connectivity index (χ0n) is 11.6. The van der Waals surface area contributed by atoms with Crippen LogP contribution in [0.2, 0.25) is 0 Å². The van der Waals surface area contributed by atoms with Gasteiger partial charge < -0.3 is 10.5 Å². The number of nitrogens with two attached hydrogens (primary N) is 1. The third-order valence-electron chi connectivity index (χ3n) is 2.97. The van der Waals surface area contributed by atoms with Crippen molar-refractivity contribution in [3.8, 4) is 0 Å². The topological polar surface area (TPSA) is 72.6 Å². The minimum absolute atomic E-state index is 0.0915. The van der Waals surface area contributed by atoms with Crippen LogP contribution in [0, 0.1) is 0 Å². The summed E-state index contributed by atoms with van der Waals surface area (Å²) in [6.45, 7) is 3.84. The maximum atomic E-state index is 12.1. The van der Waals surface area contributed by atoms with Gasteiger partial charge in [-0.15, -0.1) is 0 Å². The monoisotopic (exact) mass is 318 g/mol. The normalized spacial score (nSPS) is 24.8. The lowest BCUT2D eigenvalue weighted by Gasteiger charge is -2.41. The van der Waals surface area contributed by atoms with Gasteiger partial charge in [0.1, 0.15) is 0 Å². The molecule has 0 radical (unpaired) electrons. The molecule has 0 aromatic carbocycles. The Bertz CT molecular complexity index is 423. The third-order valence-corrected chi connectivity index (χ3v) is 4.84. The predicted molar refractivity (Wildman–Crippen MR) is 68.7 cm³/mol. The van der Waals surface area contributed by atoms with Crippen molar-refractivity contribution >= 4 is 10.0 Å². The molecule has 120 valence electrons. The molecule has 0 aromatic heterocycles. The Labute approximate surface area is 117 Å². The van der Waals surface area contributed by atoms with E-state index in [4.69, 9.17) is 10.5 Å². The Morgan fingerprint density at radius 1 is 1.40 bits per heavy atom. The highest BCUT2D eigenvalue weighted by Crippen LogP contribution is 2.25. The van der Waals surface area contributed by atoms with Crippen LogP contribution in [-0.2, 0) is 14.8 Å². The van der Waals surface area contributed by atoms with E-state index in [0.717, 1.165) is 0 Å². The average Bonchev–Trinajstić information content (AvgIpc) is 2.24. The van der Waals surface area contributed by atoms with Gasteiger partial charge in [-0.1, -0.05) is 0 Å². The Morgan fingerprint density at radius 3 is 2.50 bits per heavy atom. The van der Waals surface area contributed by atoms with E-state index in [1.165, 1.54) is 4.31 Å². The first-order chi connectivity index (χ1) is 8.95. The number of sulfonamides is 1. The summed E-state index contributed by atoms with van der Waals surface area (Å²) in [6, 6.07) is 0. The number of nitrogens with zero attached hydrogens (tertiary/aromatic N) is 1. The van der Waals surface area contributed by atoms with E-state index < -0.39 is 46.5 Å². The van der Waals surface area contributed by atoms with E-state index in [1.807, 2.05) is 0 Å². The van der Waals surface area contributed by atoms with Gasteiger partial charge in [0.2, 0.25) is 10.0 Å². The Balaban J connectivity index is 2.66. The second-order valence-electron chi connectivity index (χ2n) is 5.56. The first-order valence-electron chi connectivity index (χ1n) is 6.38. The van der Waals surface area contributed by atoms with Gasteiger partial charge >= 0.3 is 6.18 Å². The van der Waals surface area contributed by atoms with E-state index in [0.29, 0.717) is 0 Å². The van der Waals surface area contributed by atoms with Crippen molar-refractivity contribution in [3.63, 3.8) is 0 Å². The zero-order chi connectivity index (χ0) is 15.6. The highest BCUT2D eigenvalue weighted by molar-refractivity contribution is 7.89. The molecule has 0 aromatic rings. The maximum absolute atomic E-state index is 12.1. The summed E-state index contributed by atoms with van der Waals surface area (Å²) < 4.78 is 67.2. The van der Waals surface area contributed by atoms with E-state index in [-0.39, 0.29) is 19.6 Å². The van der Waals surface area contributed by atoms with Crippen LogP contribution < -0.4 is 5.73 Å². The second-order valence-corrected chi connectivity index (χ2v) is 7.65. The van der Waals surface area contributed by atoms with Crippen molar-refractivity contribution < 1.29 is 26.3 Å². The summed E-state index contributed by atoms with van der Waals surface area (Å²) >= 11 is 0. The first-order valence-corrected chi connectivity index (χ1v) is 7.98. The van der Waals surface area contributed by atoms with Gasteiger partial charge in [-0.2, -0.15) is 17.5 Å². The van der Waals surface area contributed by atoms with Crippen LogP contribution in [0.5, 0.6) is 0 Å². The van der Waals surface area contributed by atoms with Gasteiger partial charge in [0.15, 0.2) is 0 Å². The van der Waals surface area contributed by atoms with Gasteiger partial charge in [0.05, 0.1) is 17.5 Å². The SMILES string of the molecule is CC1(C)CN(S(=O)(=O)CCCC(F)(F)F)CC(CN)O1. The summed E-state index contributed by atoms with van der Waals surface area (Å²) in [5, 5.41) is 0. The minimum Gasteiger partial charge on any atom is -0.368 e. The molecule has 1 aliphatic heterocycles. The predicted octanol–water partition coefficient (Wildman–Crippen LogP) is 1.10. The number of morpholine rings is 1. The molecule has 0 bridgehead atoms. The van der Waals surface area contributed by atoms with Gasteiger partial charge in [-0.3, -0.25) is 0 Å². The summed E-state index contributed by atoms with van der Waals surface area (Å²) in [5.41, 5.74) is 4.80. The first kappa shape index (κ1) is 17.7. The molecule has 1 fully saturated rings. The van der Waals surface area contributed by atoms with Crippen LogP contribution in [0.4, 0.5) is 13.2 Å². The summed E-state index contributed by atoms with van der Waals surface area (Å²) in [5.74, 6) is -0.514. The molecule has 5 nitrogen and oxygen atoms in total. The number of ether oxygens (including phenoxy) is 1. The molecular weight excluding hydrogens is 297 g/mol. The molecule has 1 unspecified atom stereocenters. The number of alkyl halides is 3. The molecule has 20 heavy (non-hydrogen) atoms. The molecule has 0 saturated carbocycles. The number of hydrogen-bond donors (Lipinski definition) is 1. The van der Waals surface area contributed by atoms with Gasteiger partial charge in [0.25, 0.3) is 0 Å². The van der Waals surface area contributed by atoms with Crippen LogP contribution in [-0.4, -0.2) is 56.0 Å². The van der Waals surface area contributed by atoms with Crippen molar-refractivity contribution in [2.24, 2.45) is 5.73 Å². The zero-order valence-corrected chi connectivity index (χ0v) is 12.4. The fourth-order valence-electron chi connectivity index (χ4n) is 2.16. The van der Waals surface area contributed by atoms with Crippen molar-refractivity contribution in [2.45, 2.75) is 44.6 Å². The quantitative estimate of drug-likeness (QED) is 0.824. The Morgan fingerprint density at radius 2 is 2.00 bits per heavy atom. The third kappa shape index (κ3) is 5.55. The van der Waals surface area contributed by atoms with Crippen LogP contribution in [0.15, 0.2) is 0 Å². The van der Waals surface area contributed by atoms with Gasteiger partial charge in [-0.05, 0) is 20.3 Å². The second kappa shape index (κ2) is 6.17. The largest absolute Gasteiger partial charge is 0.389 e. The van der Waals surface area contributed by atoms with Crippen molar-refractivity contribution in [1.82, 2.24) is 4.31 Å². The lowest BCUT2D eigenvalue weighted by molar-refractivity contribution is -0.134. The van der Waals surface area contributed by atoms with Crippen LogP contribution >= 0.6 is 0 Å². The van der Waals surface area contributed by atoms with Gasteiger partial charge in [0, 0.05) is 26.1 Å². The van der Waals surface area contributed by atoms with Crippen molar-refractivity contribution in [2.75, 3.05) is 25.4 Å². The van der Waals surface area contributed by atoms with Crippen molar-refractivity contribution in [1.29, 1.82) is 0 Å². The summed E-state index contributed by atoms with van der Waals surface area (Å²) in [4.78, 5) is 0. The van der Waals surface area contributed by atoms with E-state index in [9.17, 15) is 21.6 Å². The highest BCUT2D eigenvalue weighted by atomic mass is 32.2. The van der Waals surface area contributed by atoms with Crippen LogP contribution in [0.3, 0.4) is 0 Å². The number of hydrogen-bond acceptors (Lipinski definition) is 4. The summed E-state index contributed by atoms with van der Waals surface area (Å²) in [6.07, 6.45) is -6.30. The molecule has 1 heterocycles. The minimum atomic E-state index is -4.33. The molecule has 9 heteroatoms. The van der Waals surface area contributed by atoms with Crippen LogP contribution in [0.1, 0.15) is 26.7 Å². The highest BCUT2D eigenvalue weighted by Gasteiger charge is 2.38. The molecule has 0 amide bonds. The molecule has 1 saturated heterocycles. The lowest BCUT2D eigenvalue weighted by Crippen LogP contribution is -2.56. The van der Waals surface area contributed by atoms with Crippen molar-refractivity contribution in [3.05, 3.63) is 0 Å². The molecule has 0 spiro atoms. The molecule has 1 aliphatic rings. The molecular formula is C11H21F3N2O3S. The van der Waals surface area contributed by atoms with E-state index in [1.54, 1.807) is 13.8 Å². The molecule has 0 aliphatic carbocycles. The fraction of sp³-hybridized carbons (Fsp3) is 1.00. The molecule has 1 atom stereocenters. The maximum Gasteiger partial charge on any atom is 0.389 e. The van der Waals surface area contributed by atoms with Gasteiger partial charge in [-0.25, -0.2) is 8.42 Å². The Kier molecular flexibility index (Phi) is 5.45. The standard InChI is InChI=1S/C11H21F3N2O3S/c1-10(2)8-16(7-9(6-15)19-10)20(17,18)5-3-4-11(12,13)14/h9H,3-8,15H2,1-2H3. The average molecular weight is 318 g/mol. The molecule has 2 N–H and O–H groups in total. The van der Waals surface area contributed by atoms with E-state index >= 15 is 0 Å². The fourth-order valence-corrected chi connectivity index (χ4v) is 3.83. The molecule has 1 rings (SSSR count). The summed E-state index contributed by atoms with van der Waals surface area (Å²) in [7, 11) is -3.72. The lowest BCUT2D eigenvalue weighted by atomic mass is 10.1.